The molecule has 1 aromatic heterocycles. The van der Waals surface area contributed by atoms with E-state index in [-0.39, 0.29) is 0 Å². The summed E-state index contributed by atoms with van der Waals surface area (Å²) in [5.41, 5.74) is 2.63. The second-order valence-corrected chi connectivity index (χ2v) is 7.18. The molecule has 2 aliphatic rings. The average Bonchev–Trinajstić information content (AvgIpc) is 3.28. The maximum Gasteiger partial charge on any atom is 0.129 e. The zero-order valence-corrected chi connectivity index (χ0v) is 13.7. The lowest BCUT2D eigenvalue weighted by molar-refractivity contribution is 0.355. The fourth-order valence-electron chi connectivity index (χ4n) is 3.48. The van der Waals surface area contributed by atoms with Gasteiger partial charge in [0.15, 0.2) is 0 Å². The molecule has 3 heteroatoms. The number of aryl methyl sites for hydroxylation is 1. The van der Waals surface area contributed by atoms with Crippen LogP contribution in [0.2, 0.25) is 0 Å². The van der Waals surface area contributed by atoms with Gasteiger partial charge in [-0.15, -0.1) is 0 Å². The Bertz CT molecular complexity index is 471. The summed E-state index contributed by atoms with van der Waals surface area (Å²) >= 11 is 0. The van der Waals surface area contributed by atoms with Crippen molar-refractivity contribution in [3.8, 4) is 0 Å². The van der Waals surface area contributed by atoms with E-state index in [2.05, 4.69) is 43.1 Å². The largest absolute Gasteiger partial charge is 0.356 e. The van der Waals surface area contributed by atoms with Crippen LogP contribution in [-0.4, -0.2) is 24.1 Å². The molecule has 1 aliphatic carbocycles. The van der Waals surface area contributed by atoms with Crippen molar-refractivity contribution in [1.82, 2.24) is 10.3 Å². The van der Waals surface area contributed by atoms with Crippen LogP contribution < -0.4 is 10.2 Å². The summed E-state index contributed by atoms with van der Waals surface area (Å²) in [6, 6.07) is 5.34. The van der Waals surface area contributed by atoms with Gasteiger partial charge in [0.1, 0.15) is 5.82 Å². The Morgan fingerprint density at radius 1 is 1.19 bits per heavy atom. The predicted octanol–water partition coefficient (Wildman–Crippen LogP) is 3.38. The minimum Gasteiger partial charge on any atom is -0.356 e. The van der Waals surface area contributed by atoms with Crippen LogP contribution in [0.25, 0.3) is 0 Å². The van der Waals surface area contributed by atoms with Crippen molar-refractivity contribution in [2.45, 2.75) is 59.0 Å². The van der Waals surface area contributed by atoms with Gasteiger partial charge in [0.05, 0.1) is 0 Å². The Morgan fingerprint density at radius 2 is 1.90 bits per heavy atom. The minimum absolute atomic E-state index is 0.765. The molecule has 1 saturated carbocycles. The zero-order valence-electron chi connectivity index (χ0n) is 13.7. The van der Waals surface area contributed by atoms with E-state index >= 15 is 0 Å². The maximum absolute atomic E-state index is 4.89. The first-order valence-electron chi connectivity index (χ1n) is 8.62. The van der Waals surface area contributed by atoms with E-state index in [1.165, 1.54) is 36.3 Å². The quantitative estimate of drug-likeness (QED) is 0.900. The highest BCUT2D eigenvalue weighted by Crippen LogP contribution is 2.26. The monoisotopic (exact) mass is 287 g/mol. The van der Waals surface area contributed by atoms with Crippen molar-refractivity contribution >= 4 is 5.82 Å². The topological polar surface area (TPSA) is 28.2 Å². The van der Waals surface area contributed by atoms with E-state index in [9.17, 15) is 0 Å². The summed E-state index contributed by atoms with van der Waals surface area (Å²) in [4.78, 5) is 7.38. The van der Waals surface area contributed by atoms with Gasteiger partial charge in [-0.05, 0) is 55.2 Å². The lowest BCUT2D eigenvalue weighted by Gasteiger charge is -2.36. The Balaban J connectivity index is 1.77. The van der Waals surface area contributed by atoms with Gasteiger partial charge in [-0.3, -0.25) is 0 Å². The first-order valence-corrected chi connectivity index (χ1v) is 8.62. The summed E-state index contributed by atoms with van der Waals surface area (Å²) < 4.78 is 0. The third kappa shape index (κ3) is 3.97. The maximum atomic E-state index is 4.89. The van der Waals surface area contributed by atoms with Gasteiger partial charge in [-0.25, -0.2) is 4.98 Å². The summed E-state index contributed by atoms with van der Waals surface area (Å²) in [6.45, 7) is 10.2. The number of nitrogens with one attached hydrogen (secondary N) is 1. The number of rotatable bonds is 5. The highest BCUT2D eigenvalue weighted by atomic mass is 15.2. The molecule has 3 rings (SSSR count). The molecule has 1 aliphatic heterocycles. The molecule has 3 nitrogen and oxygen atoms in total. The summed E-state index contributed by atoms with van der Waals surface area (Å²) in [5.74, 6) is 2.74. The van der Waals surface area contributed by atoms with Gasteiger partial charge in [-0.2, -0.15) is 0 Å². The molecule has 116 valence electrons. The van der Waals surface area contributed by atoms with E-state index in [0.717, 1.165) is 43.9 Å². The Kier molecular flexibility index (Phi) is 4.48. The van der Waals surface area contributed by atoms with Crippen molar-refractivity contribution in [3.63, 3.8) is 0 Å². The zero-order chi connectivity index (χ0) is 14.8. The van der Waals surface area contributed by atoms with Crippen molar-refractivity contribution in [1.29, 1.82) is 0 Å². The normalized spacial score (nSPS) is 26.1. The van der Waals surface area contributed by atoms with Crippen molar-refractivity contribution < 1.29 is 0 Å². The first-order chi connectivity index (χ1) is 10.1. The molecule has 1 saturated heterocycles. The van der Waals surface area contributed by atoms with Crippen molar-refractivity contribution in [3.05, 3.63) is 23.4 Å². The van der Waals surface area contributed by atoms with Gasteiger partial charge in [0.25, 0.3) is 0 Å². The Hall–Kier alpha value is -1.09. The number of nitrogens with zero attached hydrogens (tertiary/aromatic N) is 2. The number of piperidine rings is 1. The fourth-order valence-corrected chi connectivity index (χ4v) is 3.48. The van der Waals surface area contributed by atoms with Crippen LogP contribution in [0.3, 0.4) is 0 Å². The van der Waals surface area contributed by atoms with Crippen molar-refractivity contribution in [2.75, 3.05) is 18.0 Å². The van der Waals surface area contributed by atoms with Crippen molar-refractivity contribution in [2.24, 2.45) is 11.8 Å². The summed E-state index contributed by atoms with van der Waals surface area (Å²) in [6.07, 6.45) is 5.06. The second kappa shape index (κ2) is 6.35. The molecule has 2 atom stereocenters. The molecule has 1 N–H and O–H groups in total. The third-order valence-corrected chi connectivity index (χ3v) is 4.65. The number of pyridine rings is 1. The molecule has 1 aromatic rings. The average molecular weight is 287 g/mol. The highest BCUT2D eigenvalue weighted by molar-refractivity contribution is 5.43. The number of anilines is 1. The van der Waals surface area contributed by atoms with Crippen LogP contribution in [-0.2, 0) is 13.0 Å². The van der Waals surface area contributed by atoms with Gasteiger partial charge in [0, 0.05) is 31.4 Å². The fraction of sp³-hybridized carbons (Fsp3) is 0.722. The van der Waals surface area contributed by atoms with Crippen LogP contribution in [0.5, 0.6) is 0 Å². The smallest absolute Gasteiger partial charge is 0.129 e. The molecule has 21 heavy (non-hydrogen) atoms. The molecule has 0 amide bonds. The third-order valence-electron chi connectivity index (χ3n) is 4.65. The number of hydrogen-bond donors (Lipinski definition) is 1. The van der Waals surface area contributed by atoms with Crippen LogP contribution in [0.1, 0.15) is 51.3 Å². The van der Waals surface area contributed by atoms with Crippen LogP contribution in [0.15, 0.2) is 12.1 Å². The van der Waals surface area contributed by atoms with Crippen LogP contribution in [0.4, 0.5) is 5.82 Å². The second-order valence-electron chi connectivity index (χ2n) is 7.18. The van der Waals surface area contributed by atoms with E-state index in [4.69, 9.17) is 4.98 Å². The lowest BCUT2D eigenvalue weighted by Crippen LogP contribution is -2.39. The standard InChI is InChI=1S/C18H29N3/c1-4-16-8-15(10-19-17-5-6-17)9-18(20-16)21-11-13(2)7-14(3)12-21/h8-9,13-14,17,19H,4-7,10-12H2,1-3H3. The van der Waals surface area contributed by atoms with Crippen LogP contribution in [0, 0.1) is 11.8 Å². The van der Waals surface area contributed by atoms with E-state index in [1.54, 1.807) is 0 Å². The van der Waals surface area contributed by atoms with E-state index in [0.29, 0.717) is 0 Å². The summed E-state index contributed by atoms with van der Waals surface area (Å²) in [5, 5.41) is 3.63. The first kappa shape index (κ1) is 14.8. The van der Waals surface area contributed by atoms with Gasteiger partial charge < -0.3 is 10.2 Å². The van der Waals surface area contributed by atoms with Gasteiger partial charge >= 0.3 is 0 Å². The molecule has 0 spiro atoms. The molecular weight excluding hydrogens is 258 g/mol. The van der Waals surface area contributed by atoms with E-state index in [1.807, 2.05) is 0 Å². The minimum atomic E-state index is 0.765. The molecule has 2 unspecified atom stereocenters. The molecule has 0 radical (unpaired) electrons. The van der Waals surface area contributed by atoms with Gasteiger partial charge in [-0.1, -0.05) is 20.8 Å². The molecule has 0 bridgehead atoms. The highest BCUT2D eigenvalue weighted by Gasteiger charge is 2.24. The van der Waals surface area contributed by atoms with Crippen LogP contribution >= 0.6 is 0 Å². The Labute approximate surface area is 129 Å². The molecule has 2 heterocycles. The number of hydrogen-bond acceptors (Lipinski definition) is 3. The van der Waals surface area contributed by atoms with Gasteiger partial charge in [0.2, 0.25) is 0 Å². The SMILES string of the molecule is CCc1cc(CNC2CC2)cc(N2CC(C)CC(C)C2)n1. The van der Waals surface area contributed by atoms with E-state index < -0.39 is 0 Å². The lowest BCUT2D eigenvalue weighted by atomic mass is 9.92. The molecular formula is C18H29N3. The molecule has 0 aromatic carbocycles. The Morgan fingerprint density at radius 3 is 2.52 bits per heavy atom. The molecule has 2 fully saturated rings. The summed E-state index contributed by atoms with van der Waals surface area (Å²) in [7, 11) is 0. The predicted molar refractivity (Wildman–Crippen MR) is 88.6 cm³/mol. The number of aromatic nitrogens is 1.